The Balaban J connectivity index is 2.12. The molecule has 9 nitrogen and oxygen atoms in total. The first-order valence-electron chi connectivity index (χ1n) is 9.11. The minimum Gasteiger partial charge on any atom is -0.465 e. The van der Waals surface area contributed by atoms with E-state index in [0.29, 0.717) is 6.54 Å². The first-order chi connectivity index (χ1) is 13.8. The van der Waals surface area contributed by atoms with Crippen LogP contribution >= 0.6 is 0 Å². The minimum absolute atomic E-state index is 0.0831. The molecule has 9 heteroatoms. The zero-order valence-corrected chi connectivity index (χ0v) is 17.3. The number of rotatable bonds is 8. The van der Waals surface area contributed by atoms with Crippen LogP contribution in [0.1, 0.15) is 38.9 Å². The van der Waals surface area contributed by atoms with E-state index in [9.17, 15) is 14.4 Å². The van der Waals surface area contributed by atoms with Crippen molar-refractivity contribution in [3.8, 4) is 0 Å². The third-order valence-corrected chi connectivity index (χ3v) is 4.48. The maximum absolute atomic E-state index is 12.5. The van der Waals surface area contributed by atoms with Crippen molar-refractivity contribution in [3.63, 3.8) is 0 Å². The van der Waals surface area contributed by atoms with Gasteiger partial charge in [0, 0.05) is 24.3 Å². The summed E-state index contributed by atoms with van der Waals surface area (Å²) in [5.41, 5.74) is 2.64. The number of hydrogen-bond donors (Lipinski definition) is 1. The second-order valence-corrected chi connectivity index (χ2v) is 6.53. The molecule has 0 fully saturated rings. The predicted octanol–water partition coefficient (Wildman–Crippen LogP) is 1.86. The summed E-state index contributed by atoms with van der Waals surface area (Å²) in [6.07, 6.45) is 1.79. The fraction of sp³-hybridized carbons (Fsp3) is 0.400. The van der Waals surface area contributed by atoms with Crippen LogP contribution in [-0.4, -0.2) is 60.3 Å². The van der Waals surface area contributed by atoms with Gasteiger partial charge in [0.2, 0.25) is 5.91 Å². The Hall–Kier alpha value is -3.20. The van der Waals surface area contributed by atoms with Gasteiger partial charge in [0.1, 0.15) is 0 Å². The van der Waals surface area contributed by atoms with Gasteiger partial charge in [0.15, 0.2) is 0 Å². The summed E-state index contributed by atoms with van der Waals surface area (Å²) in [5.74, 6) is -1.52. The molecular weight excluding hydrogens is 376 g/mol. The van der Waals surface area contributed by atoms with Crippen molar-refractivity contribution in [1.82, 2.24) is 14.7 Å². The molecule has 2 rings (SSSR count). The molecule has 156 valence electrons. The highest BCUT2D eigenvalue weighted by atomic mass is 16.5. The second-order valence-electron chi connectivity index (χ2n) is 6.53. The van der Waals surface area contributed by atoms with Gasteiger partial charge in [-0.3, -0.25) is 14.4 Å². The number of carbonyl (C=O) groups excluding carboxylic acids is 3. The van der Waals surface area contributed by atoms with Gasteiger partial charge in [-0.15, -0.1) is 0 Å². The molecule has 0 aliphatic carbocycles. The van der Waals surface area contributed by atoms with Crippen LogP contribution in [0, 0.1) is 6.92 Å². The number of carbonyl (C=O) groups is 3. The predicted molar refractivity (Wildman–Crippen MR) is 107 cm³/mol. The summed E-state index contributed by atoms with van der Waals surface area (Å²) in [6.45, 7) is 5.41. The first kappa shape index (κ1) is 22.1. The standard InChI is InChI=1S/C20H26N4O5/c1-6-24-13(2)15(10-21-24)11-23(3)12-18(25)22-17-9-14(19(26)28-4)7-8-16(17)20(27)29-5/h7-10H,6,11-12H2,1-5H3,(H,22,25). The van der Waals surface area contributed by atoms with Crippen LogP contribution in [0.3, 0.4) is 0 Å². The van der Waals surface area contributed by atoms with Gasteiger partial charge in [-0.2, -0.15) is 5.10 Å². The molecule has 29 heavy (non-hydrogen) atoms. The fourth-order valence-corrected chi connectivity index (χ4v) is 2.92. The van der Waals surface area contributed by atoms with Gasteiger partial charge in [0.25, 0.3) is 0 Å². The van der Waals surface area contributed by atoms with Crippen molar-refractivity contribution in [3.05, 3.63) is 46.8 Å². The molecule has 1 aromatic heterocycles. The molecule has 1 N–H and O–H groups in total. The van der Waals surface area contributed by atoms with E-state index in [1.165, 1.54) is 32.4 Å². The molecule has 0 spiro atoms. The zero-order chi connectivity index (χ0) is 21.6. The summed E-state index contributed by atoms with van der Waals surface area (Å²) in [7, 11) is 4.32. The molecule has 2 aromatic rings. The summed E-state index contributed by atoms with van der Waals surface area (Å²) < 4.78 is 11.3. The molecule has 0 radical (unpaired) electrons. The summed E-state index contributed by atoms with van der Waals surface area (Å²) in [5, 5.41) is 6.99. The number of anilines is 1. The van der Waals surface area contributed by atoms with Gasteiger partial charge in [-0.05, 0) is 39.1 Å². The molecule has 0 unspecified atom stereocenters. The molecule has 1 amide bonds. The smallest absolute Gasteiger partial charge is 0.339 e. The number of hydrogen-bond acceptors (Lipinski definition) is 7. The molecule has 0 saturated heterocycles. The number of benzene rings is 1. The summed E-state index contributed by atoms with van der Waals surface area (Å²) in [4.78, 5) is 38.1. The quantitative estimate of drug-likeness (QED) is 0.672. The Morgan fingerprint density at radius 1 is 1.17 bits per heavy atom. The Morgan fingerprint density at radius 2 is 1.86 bits per heavy atom. The van der Waals surface area contributed by atoms with Gasteiger partial charge < -0.3 is 14.8 Å². The molecule has 1 aromatic carbocycles. The van der Waals surface area contributed by atoms with E-state index in [-0.39, 0.29) is 29.3 Å². The Bertz CT molecular complexity index is 906. The summed E-state index contributed by atoms with van der Waals surface area (Å²) in [6, 6.07) is 4.25. The second kappa shape index (κ2) is 9.83. The molecule has 0 aliphatic heterocycles. The third kappa shape index (κ3) is 5.41. The molecular formula is C20H26N4O5. The number of esters is 2. The Morgan fingerprint density at radius 3 is 2.45 bits per heavy atom. The molecule has 0 atom stereocenters. The number of aromatic nitrogens is 2. The van der Waals surface area contributed by atoms with Crippen LogP contribution in [0.2, 0.25) is 0 Å². The van der Waals surface area contributed by atoms with Crippen molar-refractivity contribution in [2.45, 2.75) is 26.9 Å². The Kier molecular flexibility index (Phi) is 7.49. The molecule has 0 aliphatic rings. The lowest BCUT2D eigenvalue weighted by Crippen LogP contribution is -2.30. The van der Waals surface area contributed by atoms with Crippen LogP contribution in [0.4, 0.5) is 5.69 Å². The molecule has 1 heterocycles. The maximum Gasteiger partial charge on any atom is 0.339 e. The van der Waals surface area contributed by atoms with Gasteiger partial charge in [0.05, 0.1) is 43.8 Å². The van der Waals surface area contributed by atoms with Crippen molar-refractivity contribution in [1.29, 1.82) is 0 Å². The van der Waals surface area contributed by atoms with E-state index in [2.05, 4.69) is 10.4 Å². The van der Waals surface area contributed by atoms with Crippen molar-refractivity contribution >= 4 is 23.5 Å². The minimum atomic E-state index is -0.618. The van der Waals surface area contributed by atoms with Crippen LogP contribution in [0.15, 0.2) is 24.4 Å². The van der Waals surface area contributed by atoms with E-state index in [1.54, 1.807) is 6.20 Å². The third-order valence-electron chi connectivity index (χ3n) is 4.48. The average molecular weight is 402 g/mol. The highest BCUT2D eigenvalue weighted by Crippen LogP contribution is 2.20. The van der Waals surface area contributed by atoms with Crippen molar-refractivity contribution in [2.75, 3.05) is 33.1 Å². The molecule has 0 saturated carbocycles. The number of nitrogens with one attached hydrogen (secondary N) is 1. The average Bonchev–Trinajstić information content (AvgIpc) is 3.05. The maximum atomic E-state index is 12.5. The lowest BCUT2D eigenvalue weighted by atomic mass is 10.1. The lowest BCUT2D eigenvalue weighted by molar-refractivity contribution is -0.117. The van der Waals surface area contributed by atoms with Crippen LogP contribution in [0.25, 0.3) is 0 Å². The van der Waals surface area contributed by atoms with Crippen LogP contribution in [0.5, 0.6) is 0 Å². The Labute approximate surface area is 169 Å². The highest BCUT2D eigenvalue weighted by molar-refractivity contribution is 6.03. The van der Waals surface area contributed by atoms with Gasteiger partial charge in [-0.25, -0.2) is 9.59 Å². The topological polar surface area (TPSA) is 103 Å². The lowest BCUT2D eigenvalue weighted by Gasteiger charge is -2.17. The highest BCUT2D eigenvalue weighted by Gasteiger charge is 2.18. The van der Waals surface area contributed by atoms with E-state index < -0.39 is 11.9 Å². The fourth-order valence-electron chi connectivity index (χ4n) is 2.92. The largest absolute Gasteiger partial charge is 0.465 e. The van der Waals surface area contributed by atoms with Crippen LogP contribution in [-0.2, 0) is 27.4 Å². The molecule has 0 bridgehead atoms. The van der Waals surface area contributed by atoms with Gasteiger partial charge >= 0.3 is 11.9 Å². The van der Waals surface area contributed by atoms with Crippen molar-refractivity contribution in [2.24, 2.45) is 0 Å². The SMILES string of the molecule is CCn1ncc(CN(C)CC(=O)Nc2cc(C(=O)OC)ccc2C(=O)OC)c1C. The number of methoxy groups -OCH3 is 2. The number of amides is 1. The zero-order valence-electron chi connectivity index (χ0n) is 17.3. The van der Waals surface area contributed by atoms with Crippen molar-refractivity contribution < 1.29 is 23.9 Å². The van der Waals surface area contributed by atoms with E-state index >= 15 is 0 Å². The number of nitrogens with zero attached hydrogens (tertiary/aromatic N) is 3. The van der Waals surface area contributed by atoms with E-state index in [0.717, 1.165) is 17.8 Å². The van der Waals surface area contributed by atoms with E-state index in [4.69, 9.17) is 9.47 Å². The number of likely N-dealkylation sites (N-methyl/N-ethyl adjacent to an activating group) is 1. The number of ether oxygens (including phenoxy) is 2. The number of aryl methyl sites for hydroxylation is 1. The first-order valence-corrected chi connectivity index (χ1v) is 9.11. The summed E-state index contributed by atoms with van der Waals surface area (Å²) >= 11 is 0. The normalized spacial score (nSPS) is 10.7. The monoisotopic (exact) mass is 402 g/mol. The van der Waals surface area contributed by atoms with E-state index in [1.807, 2.05) is 30.5 Å². The van der Waals surface area contributed by atoms with Gasteiger partial charge in [-0.1, -0.05) is 0 Å². The van der Waals surface area contributed by atoms with Crippen LogP contribution < -0.4 is 5.32 Å².